The quantitative estimate of drug-likeness (QED) is 0.890. The molecular formula is C17H26N6O2. The van der Waals surface area contributed by atoms with Gasteiger partial charge in [0.15, 0.2) is 0 Å². The number of nitrogens with one attached hydrogen (secondary N) is 1. The van der Waals surface area contributed by atoms with Crippen molar-refractivity contribution in [3.05, 3.63) is 23.4 Å². The van der Waals surface area contributed by atoms with Gasteiger partial charge in [0.25, 0.3) is 0 Å². The molecule has 0 aromatic carbocycles. The summed E-state index contributed by atoms with van der Waals surface area (Å²) in [6.45, 7) is 10.3. The lowest BCUT2D eigenvalue weighted by Crippen LogP contribution is -2.47. The van der Waals surface area contributed by atoms with Gasteiger partial charge < -0.3 is 4.52 Å². The van der Waals surface area contributed by atoms with Gasteiger partial charge in [-0.05, 0) is 53.0 Å². The number of hydrogen-bond acceptors (Lipinski definition) is 6. The second kappa shape index (κ2) is 7.35. The number of amides is 1. The highest BCUT2D eigenvalue weighted by Gasteiger charge is 2.28. The molecule has 0 radical (unpaired) electrons. The molecule has 1 amide bonds. The summed E-state index contributed by atoms with van der Waals surface area (Å²) in [5.41, 5.74) is 0.750. The number of rotatable bonds is 5. The summed E-state index contributed by atoms with van der Waals surface area (Å²) in [7, 11) is 0. The van der Waals surface area contributed by atoms with E-state index in [0.29, 0.717) is 11.8 Å². The third-order valence-corrected chi connectivity index (χ3v) is 4.75. The molecule has 25 heavy (non-hydrogen) atoms. The van der Waals surface area contributed by atoms with Gasteiger partial charge in [0, 0.05) is 19.2 Å². The SMILES string of the molecule is Cc1cc(NC(=O)[C@H](C)N2CCC[C@H](Cn3nc(C)nc3C)C2)on1. The van der Waals surface area contributed by atoms with Gasteiger partial charge in [-0.15, -0.1) is 0 Å². The van der Waals surface area contributed by atoms with Crippen LogP contribution < -0.4 is 5.32 Å². The maximum atomic E-state index is 12.5. The molecule has 8 heteroatoms. The number of likely N-dealkylation sites (tertiary alicyclic amines) is 1. The van der Waals surface area contributed by atoms with Gasteiger partial charge in [0.1, 0.15) is 11.6 Å². The smallest absolute Gasteiger partial charge is 0.243 e. The number of carbonyl (C=O) groups is 1. The summed E-state index contributed by atoms with van der Waals surface area (Å²) in [6, 6.07) is 1.51. The largest absolute Gasteiger partial charge is 0.338 e. The molecule has 0 unspecified atom stereocenters. The number of anilines is 1. The summed E-state index contributed by atoms with van der Waals surface area (Å²) in [4.78, 5) is 19.1. The number of carbonyl (C=O) groups excluding carboxylic acids is 1. The second-order valence-electron chi connectivity index (χ2n) is 6.89. The molecule has 3 heterocycles. The standard InChI is InChI=1S/C17H26N6O2/c1-11-8-16(25-21-11)19-17(24)12(2)22-7-5-6-15(9-22)10-23-14(4)18-13(3)20-23/h8,12,15H,5-7,9-10H2,1-4H3,(H,19,24)/t12-,15-/m0/s1. The van der Waals surface area contributed by atoms with Crippen LogP contribution in [0.4, 0.5) is 5.88 Å². The highest BCUT2D eigenvalue weighted by Crippen LogP contribution is 2.21. The van der Waals surface area contributed by atoms with Crippen LogP contribution in [0, 0.1) is 26.7 Å². The molecule has 2 aromatic heterocycles. The van der Waals surface area contributed by atoms with Crippen LogP contribution in [0.15, 0.2) is 10.6 Å². The van der Waals surface area contributed by atoms with E-state index >= 15 is 0 Å². The Morgan fingerprint density at radius 1 is 1.44 bits per heavy atom. The van der Waals surface area contributed by atoms with E-state index in [1.54, 1.807) is 6.07 Å². The first kappa shape index (κ1) is 17.6. The molecule has 136 valence electrons. The average molecular weight is 346 g/mol. The Hall–Kier alpha value is -2.22. The highest BCUT2D eigenvalue weighted by molar-refractivity contribution is 5.93. The van der Waals surface area contributed by atoms with E-state index in [1.165, 1.54) is 0 Å². The summed E-state index contributed by atoms with van der Waals surface area (Å²) < 4.78 is 7.05. The zero-order valence-corrected chi connectivity index (χ0v) is 15.3. The minimum absolute atomic E-state index is 0.0652. The summed E-state index contributed by atoms with van der Waals surface area (Å²) in [5.74, 6) is 2.55. The Labute approximate surface area is 147 Å². The monoisotopic (exact) mass is 346 g/mol. The zero-order valence-electron chi connectivity index (χ0n) is 15.3. The van der Waals surface area contributed by atoms with Crippen molar-refractivity contribution in [2.75, 3.05) is 18.4 Å². The second-order valence-corrected chi connectivity index (χ2v) is 6.89. The van der Waals surface area contributed by atoms with Crippen molar-refractivity contribution in [2.45, 2.75) is 53.1 Å². The van der Waals surface area contributed by atoms with Crippen molar-refractivity contribution < 1.29 is 9.32 Å². The van der Waals surface area contributed by atoms with Crippen LogP contribution in [0.25, 0.3) is 0 Å². The van der Waals surface area contributed by atoms with Crippen LogP contribution in [0.5, 0.6) is 0 Å². The molecule has 0 saturated carbocycles. The van der Waals surface area contributed by atoms with E-state index in [4.69, 9.17) is 4.52 Å². The number of aryl methyl sites for hydroxylation is 3. The first-order chi connectivity index (χ1) is 11.9. The van der Waals surface area contributed by atoms with Crippen molar-refractivity contribution in [1.82, 2.24) is 24.8 Å². The normalized spacial score (nSPS) is 19.8. The van der Waals surface area contributed by atoms with Gasteiger partial charge in [-0.25, -0.2) is 9.67 Å². The highest BCUT2D eigenvalue weighted by atomic mass is 16.5. The molecule has 0 spiro atoms. The van der Waals surface area contributed by atoms with E-state index in [1.807, 2.05) is 32.4 Å². The van der Waals surface area contributed by atoms with Crippen LogP contribution >= 0.6 is 0 Å². The lowest BCUT2D eigenvalue weighted by Gasteiger charge is -2.36. The first-order valence-electron chi connectivity index (χ1n) is 8.78. The molecule has 2 atom stereocenters. The van der Waals surface area contributed by atoms with E-state index < -0.39 is 0 Å². The van der Waals surface area contributed by atoms with E-state index in [0.717, 1.165) is 49.8 Å². The third-order valence-electron chi connectivity index (χ3n) is 4.75. The van der Waals surface area contributed by atoms with Crippen LogP contribution in [0.2, 0.25) is 0 Å². The van der Waals surface area contributed by atoms with Gasteiger partial charge in [0.2, 0.25) is 11.8 Å². The van der Waals surface area contributed by atoms with Gasteiger partial charge in [-0.1, -0.05) is 5.16 Å². The fourth-order valence-electron chi connectivity index (χ4n) is 3.39. The lowest BCUT2D eigenvalue weighted by molar-refractivity contribution is -0.121. The molecule has 0 bridgehead atoms. The first-order valence-corrected chi connectivity index (χ1v) is 8.78. The van der Waals surface area contributed by atoms with Crippen molar-refractivity contribution in [3.63, 3.8) is 0 Å². The van der Waals surface area contributed by atoms with Gasteiger partial charge >= 0.3 is 0 Å². The molecule has 0 aliphatic carbocycles. The van der Waals surface area contributed by atoms with Crippen LogP contribution in [0.3, 0.4) is 0 Å². The molecule has 8 nitrogen and oxygen atoms in total. The topological polar surface area (TPSA) is 89.1 Å². The molecule has 3 rings (SSSR count). The maximum absolute atomic E-state index is 12.5. The van der Waals surface area contributed by atoms with Crippen molar-refractivity contribution in [3.8, 4) is 0 Å². The Bertz CT molecular complexity index is 737. The molecule has 1 N–H and O–H groups in total. The van der Waals surface area contributed by atoms with Crippen molar-refractivity contribution in [2.24, 2.45) is 5.92 Å². The van der Waals surface area contributed by atoms with Crippen LogP contribution in [-0.4, -0.2) is 49.9 Å². The molecule has 1 saturated heterocycles. The average Bonchev–Trinajstić information content (AvgIpc) is 3.11. The molecular weight excluding hydrogens is 320 g/mol. The minimum Gasteiger partial charge on any atom is -0.338 e. The van der Waals surface area contributed by atoms with Gasteiger partial charge in [-0.3, -0.25) is 15.0 Å². The number of hydrogen-bond donors (Lipinski definition) is 1. The van der Waals surface area contributed by atoms with E-state index in [2.05, 4.69) is 25.5 Å². The molecule has 2 aromatic rings. The predicted molar refractivity (Wildman–Crippen MR) is 93.1 cm³/mol. The Balaban J connectivity index is 1.58. The van der Waals surface area contributed by atoms with E-state index in [-0.39, 0.29) is 11.9 Å². The summed E-state index contributed by atoms with van der Waals surface area (Å²) >= 11 is 0. The Kier molecular flexibility index (Phi) is 5.17. The Morgan fingerprint density at radius 3 is 2.88 bits per heavy atom. The minimum atomic E-state index is -0.216. The Morgan fingerprint density at radius 2 is 2.24 bits per heavy atom. The van der Waals surface area contributed by atoms with Crippen LogP contribution in [-0.2, 0) is 11.3 Å². The number of piperidine rings is 1. The third kappa shape index (κ3) is 4.25. The number of aromatic nitrogens is 4. The number of nitrogens with zero attached hydrogens (tertiary/aromatic N) is 5. The fraction of sp³-hybridized carbons (Fsp3) is 0.647. The molecule has 1 aliphatic heterocycles. The summed E-state index contributed by atoms with van der Waals surface area (Å²) in [5, 5.41) is 11.0. The maximum Gasteiger partial charge on any atom is 0.243 e. The van der Waals surface area contributed by atoms with Gasteiger partial charge in [0.05, 0.1) is 11.7 Å². The summed E-state index contributed by atoms with van der Waals surface area (Å²) in [6.07, 6.45) is 2.22. The van der Waals surface area contributed by atoms with Gasteiger partial charge in [-0.2, -0.15) is 5.10 Å². The lowest BCUT2D eigenvalue weighted by atomic mass is 9.96. The van der Waals surface area contributed by atoms with Crippen molar-refractivity contribution in [1.29, 1.82) is 0 Å². The zero-order chi connectivity index (χ0) is 18.0. The molecule has 1 aliphatic rings. The van der Waals surface area contributed by atoms with Crippen molar-refractivity contribution >= 4 is 11.8 Å². The van der Waals surface area contributed by atoms with E-state index in [9.17, 15) is 4.79 Å². The molecule has 1 fully saturated rings. The van der Waals surface area contributed by atoms with Crippen LogP contribution in [0.1, 0.15) is 37.1 Å². The fourth-order valence-corrected chi connectivity index (χ4v) is 3.39. The predicted octanol–water partition coefficient (Wildman–Crippen LogP) is 1.93.